The van der Waals surface area contributed by atoms with Crippen LogP contribution in [0.15, 0.2) is 35.3 Å². The molecule has 3 N–H and O–H groups in total. The molecule has 0 amide bonds. The van der Waals surface area contributed by atoms with E-state index in [4.69, 9.17) is 10.5 Å². The number of methoxy groups -OCH3 is 1. The Morgan fingerprint density at radius 1 is 1.43 bits per heavy atom. The number of hydrogen-bond acceptors (Lipinski definition) is 3. The average molecular weight is 432 g/mol. The van der Waals surface area contributed by atoms with Crippen molar-refractivity contribution in [2.24, 2.45) is 10.7 Å². The molecule has 0 radical (unpaired) electrons. The topological polar surface area (TPSA) is 62.9 Å². The number of nitrogens with zero attached hydrogens (tertiary/aromatic N) is 2. The molecule has 130 valence electrons. The summed E-state index contributed by atoms with van der Waals surface area (Å²) >= 11 is 0. The number of rotatable bonds is 7. The molecule has 0 saturated carbocycles. The highest BCUT2D eigenvalue weighted by Gasteiger charge is 2.22. The molecule has 1 aliphatic rings. The molecule has 1 fully saturated rings. The maximum Gasteiger partial charge on any atom is 0.188 e. The van der Waals surface area contributed by atoms with Crippen molar-refractivity contribution in [1.29, 1.82) is 0 Å². The van der Waals surface area contributed by atoms with Gasteiger partial charge in [-0.2, -0.15) is 0 Å². The quantitative estimate of drug-likeness (QED) is 0.395. The summed E-state index contributed by atoms with van der Waals surface area (Å²) in [5.74, 6) is 0.501. The van der Waals surface area contributed by atoms with Gasteiger partial charge in [0, 0.05) is 19.7 Å². The first kappa shape index (κ1) is 20.2. The lowest BCUT2D eigenvalue weighted by Gasteiger charge is -2.23. The molecular weight excluding hydrogens is 403 g/mol. The summed E-state index contributed by atoms with van der Waals surface area (Å²) in [7, 11) is 1.70. The van der Waals surface area contributed by atoms with Crippen molar-refractivity contribution in [2.75, 3.05) is 33.3 Å². The molecule has 1 aromatic carbocycles. The lowest BCUT2D eigenvalue weighted by atomic mass is 10.1. The molecule has 2 unspecified atom stereocenters. The Morgan fingerprint density at radius 3 is 2.83 bits per heavy atom. The predicted molar refractivity (Wildman–Crippen MR) is 106 cm³/mol. The van der Waals surface area contributed by atoms with E-state index >= 15 is 0 Å². The van der Waals surface area contributed by atoms with Gasteiger partial charge in [-0.25, -0.2) is 0 Å². The second-order valence-electron chi connectivity index (χ2n) is 5.67. The zero-order chi connectivity index (χ0) is 15.8. The fourth-order valence-electron chi connectivity index (χ4n) is 2.99. The Hall–Kier alpha value is -0.860. The fourth-order valence-corrected chi connectivity index (χ4v) is 2.99. The first-order chi connectivity index (χ1) is 10.7. The van der Waals surface area contributed by atoms with E-state index in [-0.39, 0.29) is 30.1 Å². The monoisotopic (exact) mass is 432 g/mol. The standard InChI is InChI=1S/C17H28N4O.HI/c1-3-21-11-7-10-15(21)12-19-17(18)20-13-16(22-2)14-8-5-4-6-9-14;/h4-6,8-9,15-16H,3,7,10-13H2,1-2H3,(H3,18,19,20);1H. The van der Waals surface area contributed by atoms with Gasteiger partial charge in [0.05, 0.1) is 6.54 Å². The van der Waals surface area contributed by atoms with Gasteiger partial charge in [0.25, 0.3) is 0 Å². The molecule has 0 aromatic heterocycles. The Kier molecular flexibility index (Phi) is 9.50. The minimum Gasteiger partial charge on any atom is -0.375 e. The summed E-state index contributed by atoms with van der Waals surface area (Å²) in [4.78, 5) is 6.91. The Bertz CT molecular complexity index is 469. The van der Waals surface area contributed by atoms with Crippen molar-refractivity contribution in [3.63, 3.8) is 0 Å². The highest BCUT2D eigenvalue weighted by Crippen LogP contribution is 2.17. The largest absolute Gasteiger partial charge is 0.375 e. The zero-order valence-corrected chi connectivity index (χ0v) is 16.4. The van der Waals surface area contributed by atoms with Crippen molar-refractivity contribution in [1.82, 2.24) is 10.2 Å². The Balaban J connectivity index is 0.00000264. The van der Waals surface area contributed by atoms with Crippen LogP contribution in [0.4, 0.5) is 0 Å². The van der Waals surface area contributed by atoms with Crippen LogP contribution in [0.25, 0.3) is 0 Å². The second-order valence-corrected chi connectivity index (χ2v) is 5.67. The van der Waals surface area contributed by atoms with Gasteiger partial charge in [-0.3, -0.25) is 9.89 Å². The number of nitrogens with one attached hydrogen (secondary N) is 1. The fraction of sp³-hybridized carbons (Fsp3) is 0.588. The van der Waals surface area contributed by atoms with Gasteiger partial charge in [0.15, 0.2) is 5.96 Å². The van der Waals surface area contributed by atoms with E-state index in [1.807, 2.05) is 30.3 Å². The summed E-state index contributed by atoms with van der Waals surface area (Å²) < 4.78 is 5.50. The van der Waals surface area contributed by atoms with Crippen LogP contribution in [0.2, 0.25) is 0 Å². The lowest BCUT2D eigenvalue weighted by molar-refractivity contribution is 0.111. The lowest BCUT2D eigenvalue weighted by Crippen LogP contribution is -2.42. The van der Waals surface area contributed by atoms with Gasteiger partial charge in [-0.1, -0.05) is 37.3 Å². The molecule has 1 aromatic rings. The third kappa shape index (κ3) is 6.27. The zero-order valence-electron chi connectivity index (χ0n) is 14.1. The molecular formula is C17H29IN4O. The van der Waals surface area contributed by atoms with Gasteiger partial charge < -0.3 is 15.8 Å². The smallest absolute Gasteiger partial charge is 0.188 e. The van der Waals surface area contributed by atoms with Crippen molar-refractivity contribution >= 4 is 29.9 Å². The number of likely N-dealkylation sites (tertiary alicyclic amines) is 1. The molecule has 0 aliphatic carbocycles. The highest BCUT2D eigenvalue weighted by molar-refractivity contribution is 14.0. The number of hydrogen-bond donors (Lipinski definition) is 2. The summed E-state index contributed by atoms with van der Waals surface area (Å²) in [6, 6.07) is 10.7. The van der Waals surface area contributed by atoms with Crippen LogP contribution in [0.5, 0.6) is 0 Å². The van der Waals surface area contributed by atoms with E-state index in [9.17, 15) is 0 Å². The van der Waals surface area contributed by atoms with Gasteiger partial charge in [0.1, 0.15) is 6.10 Å². The van der Waals surface area contributed by atoms with Crippen LogP contribution in [-0.2, 0) is 4.74 Å². The third-order valence-corrected chi connectivity index (χ3v) is 4.31. The summed E-state index contributed by atoms with van der Waals surface area (Å²) in [6.45, 7) is 5.90. The minimum atomic E-state index is -0.0554. The molecule has 23 heavy (non-hydrogen) atoms. The Morgan fingerprint density at radius 2 is 2.17 bits per heavy atom. The van der Waals surface area contributed by atoms with Crippen molar-refractivity contribution in [3.8, 4) is 0 Å². The van der Waals surface area contributed by atoms with Crippen LogP contribution in [0.1, 0.15) is 31.4 Å². The molecule has 1 aliphatic heterocycles. The van der Waals surface area contributed by atoms with E-state index < -0.39 is 0 Å². The van der Waals surface area contributed by atoms with Crippen LogP contribution in [0.3, 0.4) is 0 Å². The number of aliphatic imine (C=N–C) groups is 1. The first-order valence-corrected chi connectivity index (χ1v) is 8.10. The second kappa shape index (κ2) is 10.8. The van der Waals surface area contributed by atoms with Crippen LogP contribution in [0, 0.1) is 0 Å². The van der Waals surface area contributed by atoms with Crippen LogP contribution < -0.4 is 11.1 Å². The molecule has 1 heterocycles. The molecule has 1 saturated heterocycles. The van der Waals surface area contributed by atoms with E-state index in [1.54, 1.807) is 7.11 Å². The normalized spacial score (nSPS) is 20.1. The van der Waals surface area contributed by atoms with Gasteiger partial charge in [-0.05, 0) is 31.5 Å². The highest BCUT2D eigenvalue weighted by atomic mass is 127. The number of halogens is 1. The van der Waals surface area contributed by atoms with Crippen molar-refractivity contribution in [2.45, 2.75) is 31.9 Å². The molecule has 0 spiro atoms. The molecule has 6 heteroatoms. The minimum absolute atomic E-state index is 0. The number of likely N-dealkylation sites (N-methyl/N-ethyl adjacent to an activating group) is 1. The van der Waals surface area contributed by atoms with Gasteiger partial charge >= 0.3 is 0 Å². The average Bonchev–Trinajstić information content (AvgIpc) is 3.02. The Labute approximate surface area is 156 Å². The molecule has 2 rings (SSSR count). The first-order valence-electron chi connectivity index (χ1n) is 8.10. The van der Waals surface area contributed by atoms with E-state index in [0.717, 1.165) is 18.7 Å². The number of nitrogens with two attached hydrogens (primary N) is 1. The van der Waals surface area contributed by atoms with Crippen LogP contribution in [-0.4, -0.2) is 50.2 Å². The summed E-state index contributed by atoms with van der Waals surface area (Å²) in [5.41, 5.74) is 7.10. The van der Waals surface area contributed by atoms with Crippen LogP contribution >= 0.6 is 24.0 Å². The summed E-state index contributed by atoms with van der Waals surface area (Å²) in [5, 5.41) is 3.25. The van der Waals surface area contributed by atoms with Crippen molar-refractivity contribution in [3.05, 3.63) is 35.9 Å². The SMILES string of the molecule is CCN1CCCC1CNC(N)=NCC(OC)c1ccccc1.I. The number of ether oxygens (including phenoxy) is 1. The van der Waals surface area contributed by atoms with E-state index in [2.05, 4.69) is 22.1 Å². The molecule has 0 bridgehead atoms. The maximum absolute atomic E-state index is 5.98. The van der Waals surface area contributed by atoms with E-state index in [0.29, 0.717) is 18.5 Å². The van der Waals surface area contributed by atoms with Gasteiger partial charge in [-0.15, -0.1) is 24.0 Å². The summed E-state index contributed by atoms with van der Waals surface area (Å²) in [6.07, 6.45) is 2.45. The number of guanidine groups is 1. The molecule has 5 nitrogen and oxygen atoms in total. The number of benzene rings is 1. The molecule has 2 atom stereocenters. The third-order valence-electron chi connectivity index (χ3n) is 4.31. The maximum atomic E-state index is 5.98. The predicted octanol–water partition coefficient (Wildman–Crippen LogP) is 2.38. The van der Waals surface area contributed by atoms with Crippen molar-refractivity contribution < 1.29 is 4.74 Å². The van der Waals surface area contributed by atoms with E-state index in [1.165, 1.54) is 19.4 Å². The van der Waals surface area contributed by atoms with Gasteiger partial charge in [0.2, 0.25) is 0 Å².